The van der Waals surface area contributed by atoms with Gasteiger partial charge in [0.15, 0.2) is 0 Å². The molecule has 8 heteroatoms. The van der Waals surface area contributed by atoms with Crippen LogP contribution in [0.15, 0.2) is 47.1 Å². The number of carbonyl (C=O) groups is 2. The summed E-state index contributed by atoms with van der Waals surface area (Å²) in [6.07, 6.45) is 4.71. The monoisotopic (exact) mass is 473 g/mol. The summed E-state index contributed by atoms with van der Waals surface area (Å²) < 4.78 is 11.8. The minimum atomic E-state index is -0.640. The third-order valence-electron chi connectivity index (χ3n) is 5.32. The van der Waals surface area contributed by atoms with E-state index < -0.39 is 29.9 Å². The third kappa shape index (κ3) is 9.55. The Hall–Kier alpha value is -2.87. The smallest absolute Gasteiger partial charge is 0.407 e. The summed E-state index contributed by atoms with van der Waals surface area (Å²) in [4.78, 5) is 30.0. The topological polar surface area (TPSA) is 98.2 Å². The van der Waals surface area contributed by atoms with Crippen LogP contribution < -0.4 is 10.6 Å². The Labute approximate surface area is 203 Å². The summed E-state index contributed by atoms with van der Waals surface area (Å²) in [5.41, 5.74) is 1.22. The largest absolute Gasteiger partial charge is 0.444 e. The molecule has 0 aliphatic heterocycles. The van der Waals surface area contributed by atoms with Crippen molar-refractivity contribution in [3.8, 4) is 0 Å². The standard InChI is InChI=1S/C26H39N3O5/c1-7-21(8-2)33-23-15-20(16-27-32-17-19-12-10-9-11-13-19)14-22(24(23)28-18(3)30)29-25(31)34-26(4,5)6/h9-13,15-16,21-24H,7-8,14,17H2,1-6H3,(H,28,30)(H,29,31)/b27-16+/t22-,23+,24+/m0/s1. The van der Waals surface area contributed by atoms with E-state index in [1.807, 2.05) is 36.4 Å². The molecule has 1 aromatic rings. The molecule has 1 aromatic carbocycles. The lowest BCUT2D eigenvalue weighted by molar-refractivity contribution is -0.121. The fourth-order valence-corrected chi connectivity index (χ4v) is 3.72. The van der Waals surface area contributed by atoms with E-state index in [9.17, 15) is 9.59 Å². The number of nitrogens with one attached hydrogen (secondary N) is 2. The van der Waals surface area contributed by atoms with Crippen molar-refractivity contribution in [3.63, 3.8) is 0 Å². The molecule has 0 radical (unpaired) electrons. The van der Waals surface area contributed by atoms with Gasteiger partial charge < -0.3 is 24.9 Å². The molecular weight excluding hydrogens is 434 g/mol. The fraction of sp³-hybridized carbons (Fsp3) is 0.577. The summed E-state index contributed by atoms with van der Waals surface area (Å²) >= 11 is 0. The molecular formula is C26H39N3O5. The number of nitrogens with zero attached hydrogens (tertiary/aromatic N) is 1. The van der Waals surface area contributed by atoms with Gasteiger partial charge in [-0.1, -0.05) is 49.3 Å². The van der Waals surface area contributed by atoms with E-state index in [4.69, 9.17) is 14.3 Å². The number of carbonyl (C=O) groups excluding carboxylic acids is 2. The van der Waals surface area contributed by atoms with Gasteiger partial charge in [-0.2, -0.15) is 0 Å². The molecule has 0 fully saturated rings. The first-order valence-corrected chi connectivity index (χ1v) is 11.9. The van der Waals surface area contributed by atoms with E-state index in [0.717, 1.165) is 24.0 Å². The van der Waals surface area contributed by atoms with Crippen molar-refractivity contribution >= 4 is 18.2 Å². The van der Waals surface area contributed by atoms with Crippen LogP contribution in [0.1, 0.15) is 66.4 Å². The summed E-state index contributed by atoms with van der Waals surface area (Å²) in [7, 11) is 0. The molecule has 2 rings (SSSR count). The molecule has 2 amide bonds. The van der Waals surface area contributed by atoms with E-state index >= 15 is 0 Å². The Morgan fingerprint density at radius 3 is 2.41 bits per heavy atom. The first-order chi connectivity index (χ1) is 16.1. The predicted molar refractivity (Wildman–Crippen MR) is 132 cm³/mol. The molecule has 0 saturated heterocycles. The van der Waals surface area contributed by atoms with Crippen molar-refractivity contribution in [3.05, 3.63) is 47.5 Å². The number of benzene rings is 1. The average Bonchev–Trinajstić information content (AvgIpc) is 2.76. The molecule has 0 saturated carbocycles. The van der Waals surface area contributed by atoms with Crippen LogP contribution in [0.4, 0.5) is 4.79 Å². The molecule has 188 valence electrons. The van der Waals surface area contributed by atoms with Gasteiger partial charge >= 0.3 is 6.09 Å². The van der Waals surface area contributed by atoms with Crippen LogP contribution in [0, 0.1) is 0 Å². The summed E-state index contributed by atoms with van der Waals surface area (Å²) in [5.74, 6) is -0.198. The van der Waals surface area contributed by atoms with Gasteiger partial charge in [-0.3, -0.25) is 4.79 Å². The highest BCUT2D eigenvalue weighted by molar-refractivity contribution is 5.80. The number of oxime groups is 1. The van der Waals surface area contributed by atoms with Gasteiger partial charge in [-0.05, 0) is 57.2 Å². The maximum atomic E-state index is 12.6. The Kier molecular flexibility index (Phi) is 10.6. The molecule has 34 heavy (non-hydrogen) atoms. The van der Waals surface area contributed by atoms with E-state index in [2.05, 4.69) is 29.6 Å². The Morgan fingerprint density at radius 1 is 1.15 bits per heavy atom. The molecule has 2 N–H and O–H groups in total. The number of hydrogen-bond acceptors (Lipinski definition) is 6. The molecule has 0 aromatic heterocycles. The van der Waals surface area contributed by atoms with Crippen LogP contribution in [-0.4, -0.2) is 48.1 Å². The van der Waals surface area contributed by atoms with Crippen LogP contribution in [0.25, 0.3) is 0 Å². The predicted octanol–water partition coefficient (Wildman–Crippen LogP) is 4.49. The van der Waals surface area contributed by atoms with Crippen molar-refractivity contribution in [1.82, 2.24) is 10.6 Å². The van der Waals surface area contributed by atoms with Crippen LogP contribution in [-0.2, 0) is 25.7 Å². The molecule has 0 spiro atoms. The summed E-state index contributed by atoms with van der Waals surface area (Å²) in [5, 5.41) is 10.00. The molecule has 1 aliphatic rings. The lowest BCUT2D eigenvalue weighted by Crippen LogP contribution is -2.59. The number of hydrogen-bond donors (Lipinski definition) is 2. The zero-order chi connectivity index (χ0) is 25.1. The Bertz CT molecular complexity index is 844. The normalized spacial score (nSPS) is 20.7. The van der Waals surface area contributed by atoms with Crippen molar-refractivity contribution in [2.45, 2.75) is 97.3 Å². The Balaban J connectivity index is 2.22. The first kappa shape index (κ1) is 27.4. The van der Waals surface area contributed by atoms with E-state index in [-0.39, 0.29) is 12.0 Å². The summed E-state index contributed by atoms with van der Waals surface area (Å²) in [6.45, 7) is 11.3. The van der Waals surface area contributed by atoms with Gasteiger partial charge in [0.1, 0.15) is 12.2 Å². The average molecular weight is 474 g/mol. The van der Waals surface area contributed by atoms with Crippen molar-refractivity contribution in [2.24, 2.45) is 5.16 Å². The van der Waals surface area contributed by atoms with Crippen LogP contribution in [0.2, 0.25) is 0 Å². The van der Waals surface area contributed by atoms with Gasteiger partial charge in [-0.15, -0.1) is 0 Å². The maximum absolute atomic E-state index is 12.6. The zero-order valence-electron chi connectivity index (χ0n) is 21.2. The van der Waals surface area contributed by atoms with Gasteiger partial charge in [0, 0.05) is 6.92 Å². The summed E-state index contributed by atoms with van der Waals surface area (Å²) in [6, 6.07) is 8.87. The number of ether oxygens (including phenoxy) is 2. The first-order valence-electron chi connectivity index (χ1n) is 11.9. The van der Waals surface area contributed by atoms with Crippen molar-refractivity contribution in [2.75, 3.05) is 0 Å². The van der Waals surface area contributed by atoms with E-state index in [0.29, 0.717) is 13.0 Å². The maximum Gasteiger partial charge on any atom is 0.407 e. The lowest BCUT2D eigenvalue weighted by Gasteiger charge is -2.38. The highest BCUT2D eigenvalue weighted by atomic mass is 16.6. The Morgan fingerprint density at radius 2 is 1.82 bits per heavy atom. The van der Waals surface area contributed by atoms with Crippen molar-refractivity contribution < 1.29 is 23.9 Å². The SMILES string of the molecule is CCC(CC)O[C@@H]1C=C(/C=N/OCc2ccccc2)C[C@H](NC(=O)OC(C)(C)C)[C@H]1NC(C)=O. The molecule has 0 bridgehead atoms. The van der Waals surface area contributed by atoms with Gasteiger partial charge in [0.05, 0.1) is 30.5 Å². The molecule has 0 heterocycles. The lowest BCUT2D eigenvalue weighted by atomic mass is 9.88. The molecule has 1 aliphatic carbocycles. The minimum absolute atomic E-state index is 0.0188. The molecule has 0 unspecified atom stereocenters. The zero-order valence-corrected chi connectivity index (χ0v) is 21.2. The highest BCUT2D eigenvalue weighted by Crippen LogP contribution is 2.24. The van der Waals surface area contributed by atoms with E-state index in [1.165, 1.54) is 6.92 Å². The number of amides is 2. The number of alkyl carbamates (subject to hydrolysis) is 1. The van der Waals surface area contributed by atoms with Crippen molar-refractivity contribution in [1.29, 1.82) is 0 Å². The van der Waals surface area contributed by atoms with Crippen LogP contribution >= 0.6 is 0 Å². The van der Waals surface area contributed by atoms with Crippen LogP contribution in [0.5, 0.6) is 0 Å². The minimum Gasteiger partial charge on any atom is -0.444 e. The quantitative estimate of drug-likeness (QED) is 0.385. The van der Waals surface area contributed by atoms with Gasteiger partial charge in [0.2, 0.25) is 5.91 Å². The highest BCUT2D eigenvalue weighted by Gasteiger charge is 2.37. The number of rotatable bonds is 10. The molecule has 8 nitrogen and oxygen atoms in total. The molecule has 3 atom stereocenters. The second-order valence-electron chi connectivity index (χ2n) is 9.46. The fourth-order valence-electron chi connectivity index (χ4n) is 3.72. The van der Waals surface area contributed by atoms with Gasteiger partial charge in [-0.25, -0.2) is 4.79 Å². The second-order valence-corrected chi connectivity index (χ2v) is 9.46. The van der Waals surface area contributed by atoms with Crippen LogP contribution in [0.3, 0.4) is 0 Å². The van der Waals surface area contributed by atoms with E-state index in [1.54, 1.807) is 27.0 Å². The third-order valence-corrected chi connectivity index (χ3v) is 5.32. The van der Waals surface area contributed by atoms with Gasteiger partial charge in [0.25, 0.3) is 0 Å². The second kappa shape index (κ2) is 13.1.